The van der Waals surface area contributed by atoms with Crippen molar-refractivity contribution >= 4 is 16.9 Å². The van der Waals surface area contributed by atoms with Crippen molar-refractivity contribution in [3.05, 3.63) is 35.8 Å². The summed E-state index contributed by atoms with van der Waals surface area (Å²) in [5.74, 6) is -0.382. The van der Waals surface area contributed by atoms with E-state index in [1.807, 2.05) is 0 Å². The van der Waals surface area contributed by atoms with Gasteiger partial charge < -0.3 is 9.73 Å². The van der Waals surface area contributed by atoms with E-state index in [-0.39, 0.29) is 18.1 Å². The highest BCUT2D eigenvalue weighted by molar-refractivity contribution is 5.87. The van der Waals surface area contributed by atoms with Crippen molar-refractivity contribution in [1.29, 1.82) is 0 Å². The quantitative estimate of drug-likeness (QED) is 0.827. The Labute approximate surface area is 105 Å². The molecule has 4 heteroatoms. The van der Waals surface area contributed by atoms with E-state index in [1.54, 1.807) is 6.07 Å². The van der Waals surface area contributed by atoms with Gasteiger partial charge in [0.05, 0.1) is 12.7 Å². The molecule has 0 aliphatic rings. The number of hydrogen-bond acceptors (Lipinski definition) is 2. The zero-order valence-electron chi connectivity index (χ0n) is 10.3. The molecule has 18 heavy (non-hydrogen) atoms. The molecule has 2 rings (SSSR count). The van der Waals surface area contributed by atoms with Crippen molar-refractivity contribution in [3.8, 4) is 0 Å². The number of fused-ring (bicyclic) bond motifs is 1. The molecule has 0 spiro atoms. The van der Waals surface area contributed by atoms with Gasteiger partial charge in [0, 0.05) is 17.5 Å². The van der Waals surface area contributed by atoms with Gasteiger partial charge in [-0.25, -0.2) is 4.39 Å². The Morgan fingerprint density at radius 1 is 1.44 bits per heavy atom. The molecule has 0 aliphatic heterocycles. The summed E-state index contributed by atoms with van der Waals surface area (Å²) >= 11 is 0. The van der Waals surface area contributed by atoms with E-state index < -0.39 is 0 Å². The minimum Gasteiger partial charge on any atom is -0.464 e. The van der Waals surface area contributed by atoms with Crippen LogP contribution in [0, 0.1) is 5.82 Å². The van der Waals surface area contributed by atoms with Crippen molar-refractivity contribution in [2.45, 2.75) is 26.2 Å². The minimum absolute atomic E-state index is 0.0598. The number of unbranched alkanes of at least 4 members (excludes halogenated alkanes) is 1. The molecule has 3 nitrogen and oxygen atoms in total. The van der Waals surface area contributed by atoms with Gasteiger partial charge in [0.25, 0.3) is 0 Å². The van der Waals surface area contributed by atoms with E-state index >= 15 is 0 Å². The zero-order chi connectivity index (χ0) is 13.0. The van der Waals surface area contributed by atoms with Crippen LogP contribution in [0.15, 0.2) is 28.9 Å². The highest BCUT2D eigenvalue weighted by Gasteiger charge is 2.10. The van der Waals surface area contributed by atoms with Crippen LogP contribution in [0.1, 0.15) is 25.3 Å². The fourth-order valence-corrected chi connectivity index (χ4v) is 1.83. The third-order valence-electron chi connectivity index (χ3n) is 2.82. The predicted octanol–water partition coefficient (Wildman–Crippen LogP) is 3.03. The summed E-state index contributed by atoms with van der Waals surface area (Å²) in [6, 6.07) is 4.31. The lowest BCUT2D eigenvalue weighted by Crippen LogP contribution is -2.25. The van der Waals surface area contributed by atoms with Gasteiger partial charge in [0.2, 0.25) is 5.91 Å². The molecule has 1 aromatic heterocycles. The summed E-state index contributed by atoms with van der Waals surface area (Å²) in [5, 5.41) is 3.49. The van der Waals surface area contributed by atoms with Crippen LogP contribution in [0.2, 0.25) is 0 Å². The molecule has 0 bridgehead atoms. The number of rotatable bonds is 5. The molecular formula is C14H16FNO2. The second kappa shape index (κ2) is 5.67. The van der Waals surface area contributed by atoms with Gasteiger partial charge in [-0.2, -0.15) is 0 Å². The van der Waals surface area contributed by atoms with E-state index in [4.69, 9.17) is 4.42 Å². The molecule has 0 saturated carbocycles. The first-order valence-electron chi connectivity index (χ1n) is 6.13. The summed E-state index contributed by atoms with van der Waals surface area (Å²) in [4.78, 5) is 11.7. The van der Waals surface area contributed by atoms with E-state index in [0.29, 0.717) is 17.5 Å². The average Bonchev–Trinajstić information content (AvgIpc) is 2.72. The summed E-state index contributed by atoms with van der Waals surface area (Å²) in [6.07, 6.45) is 3.75. The van der Waals surface area contributed by atoms with Crippen LogP contribution < -0.4 is 5.32 Å². The lowest BCUT2D eigenvalue weighted by molar-refractivity contribution is -0.120. The van der Waals surface area contributed by atoms with E-state index in [9.17, 15) is 9.18 Å². The van der Waals surface area contributed by atoms with E-state index in [2.05, 4.69) is 12.2 Å². The van der Waals surface area contributed by atoms with Crippen molar-refractivity contribution in [3.63, 3.8) is 0 Å². The smallest absolute Gasteiger partial charge is 0.224 e. The number of halogens is 1. The fraction of sp³-hybridized carbons (Fsp3) is 0.357. The first-order valence-corrected chi connectivity index (χ1v) is 6.13. The Bertz CT molecular complexity index is 548. The average molecular weight is 249 g/mol. The van der Waals surface area contributed by atoms with E-state index in [0.717, 1.165) is 18.4 Å². The zero-order valence-corrected chi connectivity index (χ0v) is 10.3. The number of furan rings is 1. The second-order valence-corrected chi connectivity index (χ2v) is 4.28. The molecule has 0 fully saturated rings. The second-order valence-electron chi connectivity index (χ2n) is 4.28. The topological polar surface area (TPSA) is 42.2 Å². The number of carbonyl (C=O) groups excluding carboxylic acids is 1. The molecule has 1 amide bonds. The maximum atomic E-state index is 13.1. The molecular weight excluding hydrogens is 233 g/mol. The Balaban J connectivity index is 2.07. The van der Waals surface area contributed by atoms with Crippen molar-refractivity contribution in [1.82, 2.24) is 5.32 Å². The maximum absolute atomic E-state index is 13.1. The predicted molar refractivity (Wildman–Crippen MR) is 67.8 cm³/mol. The van der Waals surface area contributed by atoms with Crippen molar-refractivity contribution in [2.75, 3.05) is 6.54 Å². The summed E-state index contributed by atoms with van der Waals surface area (Å²) < 4.78 is 18.4. The molecule has 96 valence electrons. The SMILES string of the molecule is CCCCNC(=O)Cc1coc2ccc(F)cc12. The fourth-order valence-electron chi connectivity index (χ4n) is 1.83. The third-order valence-corrected chi connectivity index (χ3v) is 2.82. The molecule has 0 unspecified atom stereocenters. The summed E-state index contributed by atoms with van der Waals surface area (Å²) in [6.45, 7) is 2.75. The van der Waals surface area contributed by atoms with Crippen LogP contribution in [0.3, 0.4) is 0 Å². The van der Waals surface area contributed by atoms with Crippen LogP contribution in [0.4, 0.5) is 4.39 Å². The normalized spacial score (nSPS) is 10.8. The minimum atomic E-state index is -0.323. The third kappa shape index (κ3) is 2.88. The Kier molecular flexibility index (Phi) is 3.97. The monoisotopic (exact) mass is 249 g/mol. The largest absolute Gasteiger partial charge is 0.464 e. The van der Waals surface area contributed by atoms with Gasteiger partial charge in [-0.1, -0.05) is 13.3 Å². The highest BCUT2D eigenvalue weighted by atomic mass is 19.1. The van der Waals surface area contributed by atoms with Gasteiger partial charge in [-0.3, -0.25) is 4.79 Å². The van der Waals surface area contributed by atoms with Gasteiger partial charge in [0.1, 0.15) is 11.4 Å². The number of carbonyl (C=O) groups is 1. The lowest BCUT2D eigenvalue weighted by Gasteiger charge is -2.02. The van der Waals surface area contributed by atoms with Gasteiger partial charge in [0.15, 0.2) is 0 Å². The van der Waals surface area contributed by atoms with Gasteiger partial charge >= 0.3 is 0 Å². The molecule has 0 saturated heterocycles. The van der Waals surface area contributed by atoms with Crippen LogP contribution in [-0.2, 0) is 11.2 Å². The standard InChI is InChI=1S/C14H16FNO2/c1-2-3-6-16-14(17)7-10-9-18-13-5-4-11(15)8-12(10)13/h4-5,8-9H,2-3,6-7H2,1H3,(H,16,17). The lowest BCUT2D eigenvalue weighted by atomic mass is 10.1. The number of amides is 1. The number of nitrogens with one attached hydrogen (secondary N) is 1. The highest BCUT2D eigenvalue weighted by Crippen LogP contribution is 2.22. The van der Waals surface area contributed by atoms with Crippen LogP contribution in [0.25, 0.3) is 11.0 Å². The first kappa shape index (κ1) is 12.6. The van der Waals surface area contributed by atoms with E-state index in [1.165, 1.54) is 18.4 Å². The Hall–Kier alpha value is -1.84. The molecule has 1 heterocycles. The van der Waals surface area contributed by atoms with Gasteiger partial charge in [-0.05, 0) is 24.6 Å². The molecule has 1 aromatic carbocycles. The summed E-state index contributed by atoms with van der Waals surface area (Å²) in [7, 11) is 0. The first-order chi connectivity index (χ1) is 8.70. The van der Waals surface area contributed by atoms with Crippen molar-refractivity contribution < 1.29 is 13.6 Å². The van der Waals surface area contributed by atoms with Crippen molar-refractivity contribution in [2.24, 2.45) is 0 Å². The Morgan fingerprint density at radius 3 is 3.06 bits per heavy atom. The number of hydrogen-bond donors (Lipinski definition) is 1. The molecule has 2 aromatic rings. The molecule has 1 N–H and O–H groups in total. The maximum Gasteiger partial charge on any atom is 0.224 e. The van der Waals surface area contributed by atoms with Crippen LogP contribution in [0.5, 0.6) is 0 Å². The van der Waals surface area contributed by atoms with Gasteiger partial charge in [-0.15, -0.1) is 0 Å². The van der Waals surface area contributed by atoms with Crippen LogP contribution >= 0.6 is 0 Å². The summed E-state index contributed by atoms with van der Waals surface area (Å²) in [5.41, 5.74) is 1.33. The molecule has 0 atom stereocenters. The molecule has 0 aliphatic carbocycles. The Morgan fingerprint density at radius 2 is 2.28 bits per heavy atom. The molecule has 0 radical (unpaired) electrons. The number of benzene rings is 1. The van der Waals surface area contributed by atoms with Crippen LogP contribution in [-0.4, -0.2) is 12.5 Å².